The topological polar surface area (TPSA) is 72.2 Å². The molecule has 5 heteroatoms. The van der Waals surface area contributed by atoms with E-state index in [2.05, 4.69) is 5.32 Å². The van der Waals surface area contributed by atoms with E-state index in [1.165, 1.54) is 18.2 Å². The second-order valence-electron chi connectivity index (χ2n) is 4.00. The van der Waals surface area contributed by atoms with E-state index in [0.29, 0.717) is 5.56 Å². The molecule has 0 saturated heterocycles. The fraction of sp³-hybridized carbons (Fsp3) is 0.308. The van der Waals surface area contributed by atoms with Gasteiger partial charge in [-0.2, -0.15) is 0 Å². The van der Waals surface area contributed by atoms with Gasteiger partial charge >= 0.3 is 0 Å². The summed E-state index contributed by atoms with van der Waals surface area (Å²) in [5, 5.41) is 13.4. The van der Waals surface area contributed by atoms with Gasteiger partial charge in [0.1, 0.15) is 0 Å². The van der Waals surface area contributed by atoms with Crippen LogP contribution in [0.3, 0.4) is 0 Å². The van der Waals surface area contributed by atoms with Gasteiger partial charge in [-0.15, -0.1) is 0 Å². The Morgan fingerprint density at radius 3 is 2.89 bits per heavy atom. The van der Waals surface area contributed by atoms with E-state index in [9.17, 15) is 14.9 Å². The summed E-state index contributed by atoms with van der Waals surface area (Å²) in [5.74, 6) is -0.198. The summed E-state index contributed by atoms with van der Waals surface area (Å²) in [6.45, 7) is 3.90. The van der Waals surface area contributed by atoms with Gasteiger partial charge in [0.2, 0.25) is 5.91 Å². The zero-order valence-corrected chi connectivity index (χ0v) is 10.4. The van der Waals surface area contributed by atoms with E-state index >= 15 is 0 Å². The Hall–Kier alpha value is -2.17. The first-order valence-corrected chi connectivity index (χ1v) is 5.76. The van der Waals surface area contributed by atoms with Gasteiger partial charge in [-0.3, -0.25) is 14.9 Å². The van der Waals surface area contributed by atoms with E-state index in [1.54, 1.807) is 18.2 Å². The van der Waals surface area contributed by atoms with Crippen molar-refractivity contribution in [3.05, 3.63) is 46.0 Å². The van der Waals surface area contributed by atoms with Crippen molar-refractivity contribution in [2.75, 3.05) is 0 Å². The maximum atomic E-state index is 11.5. The van der Waals surface area contributed by atoms with Crippen molar-refractivity contribution in [2.24, 2.45) is 0 Å². The first-order valence-electron chi connectivity index (χ1n) is 5.76. The number of rotatable bonds is 5. The maximum Gasteiger partial charge on any atom is 0.270 e. The molecule has 0 aliphatic rings. The van der Waals surface area contributed by atoms with E-state index < -0.39 is 4.92 Å². The van der Waals surface area contributed by atoms with Crippen LogP contribution in [0.15, 0.2) is 30.3 Å². The summed E-state index contributed by atoms with van der Waals surface area (Å²) in [5.41, 5.74) is 0.642. The first kappa shape index (κ1) is 13.9. The first-order chi connectivity index (χ1) is 8.52. The Balaban J connectivity index is 2.69. The van der Waals surface area contributed by atoms with Gasteiger partial charge < -0.3 is 5.32 Å². The van der Waals surface area contributed by atoms with Crippen LogP contribution in [0.25, 0.3) is 6.08 Å². The van der Waals surface area contributed by atoms with Crippen LogP contribution in [0.5, 0.6) is 0 Å². The largest absolute Gasteiger partial charge is 0.350 e. The van der Waals surface area contributed by atoms with Gasteiger partial charge in [0.25, 0.3) is 5.69 Å². The lowest BCUT2D eigenvalue weighted by atomic mass is 10.2. The third-order valence-corrected chi connectivity index (χ3v) is 2.51. The second kappa shape index (κ2) is 6.54. The number of nitro benzene ring substituents is 1. The van der Waals surface area contributed by atoms with Gasteiger partial charge in [0.05, 0.1) is 4.92 Å². The van der Waals surface area contributed by atoms with Crippen molar-refractivity contribution < 1.29 is 9.72 Å². The predicted molar refractivity (Wildman–Crippen MR) is 70.0 cm³/mol. The summed E-state index contributed by atoms with van der Waals surface area (Å²) >= 11 is 0. The summed E-state index contributed by atoms with van der Waals surface area (Å²) in [6, 6.07) is 6.25. The van der Waals surface area contributed by atoms with Gasteiger partial charge in [-0.25, -0.2) is 0 Å². The van der Waals surface area contributed by atoms with Crippen molar-refractivity contribution >= 4 is 17.7 Å². The number of hydrogen-bond donors (Lipinski definition) is 1. The lowest BCUT2D eigenvalue weighted by Crippen LogP contribution is -2.30. The maximum absolute atomic E-state index is 11.5. The molecule has 1 atom stereocenters. The summed E-state index contributed by atoms with van der Waals surface area (Å²) in [7, 11) is 0. The number of hydrogen-bond acceptors (Lipinski definition) is 3. The highest BCUT2D eigenvalue weighted by molar-refractivity contribution is 5.91. The van der Waals surface area contributed by atoms with Crippen LogP contribution >= 0.6 is 0 Å². The van der Waals surface area contributed by atoms with Crippen molar-refractivity contribution in [1.82, 2.24) is 5.32 Å². The monoisotopic (exact) mass is 248 g/mol. The minimum Gasteiger partial charge on any atom is -0.350 e. The zero-order valence-electron chi connectivity index (χ0n) is 10.4. The van der Waals surface area contributed by atoms with E-state index in [1.807, 2.05) is 13.8 Å². The van der Waals surface area contributed by atoms with Crippen molar-refractivity contribution in [2.45, 2.75) is 26.3 Å². The van der Waals surface area contributed by atoms with Gasteiger partial charge in [-0.05, 0) is 25.0 Å². The van der Waals surface area contributed by atoms with Crippen LogP contribution in [-0.2, 0) is 4.79 Å². The summed E-state index contributed by atoms with van der Waals surface area (Å²) in [4.78, 5) is 21.6. The Morgan fingerprint density at radius 1 is 1.56 bits per heavy atom. The minimum atomic E-state index is -0.462. The van der Waals surface area contributed by atoms with Crippen LogP contribution in [0.1, 0.15) is 25.8 Å². The number of carbonyl (C=O) groups excluding carboxylic acids is 1. The number of amides is 1. The number of nitro groups is 1. The van der Waals surface area contributed by atoms with Gasteiger partial charge in [0.15, 0.2) is 0 Å². The van der Waals surface area contributed by atoms with E-state index in [0.717, 1.165) is 6.42 Å². The molecule has 1 unspecified atom stereocenters. The molecule has 1 aromatic carbocycles. The average molecular weight is 248 g/mol. The van der Waals surface area contributed by atoms with Crippen molar-refractivity contribution in [3.8, 4) is 0 Å². The lowest BCUT2D eigenvalue weighted by Gasteiger charge is -2.08. The van der Waals surface area contributed by atoms with Gasteiger partial charge in [-0.1, -0.05) is 19.1 Å². The Labute approximate surface area is 106 Å². The van der Waals surface area contributed by atoms with Crippen LogP contribution < -0.4 is 5.32 Å². The highest BCUT2D eigenvalue weighted by atomic mass is 16.6. The van der Waals surface area contributed by atoms with E-state index in [-0.39, 0.29) is 17.6 Å². The second-order valence-corrected chi connectivity index (χ2v) is 4.00. The fourth-order valence-electron chi connectivity index (χ4n) is 1.31. The SMILES string of the molecule is CCC(C)NC(=O)C=Cc1cccc([N+](=O)[O-])c1. The molecular formula is C13H16N2O3. The smallest absolute Gasteiger partial charge is 0.270 e. The Bertz CT molecular complexity index is 469. The van der Waals surface area contributed by atoms with Crippen LogP contribution in [-0.4, -0.2) is 16.9 Å². The summed E-state index contributed by atoms with van der Waals surface area (Å²) in [6.07, 6.45) is 3.80. The standard InChI is InChI=1S/C13H16N2O3/c1-3-10(2)14-13(16)8-7-11-5-4-6-12(9-11)15(17)18/h4-10H,3H2,1-2H3,(H,14,16). The molecule has 0 aliphatic carbocycles. The molecule has 1 rings (SSSR count). The number of non-ortho nitro benzene ring substituents is 1. The molecule has 96 valence electrons. The molecule has 0 fully saturated rings. The number of benzene rings is 1. The molecule has 0 spiro atoms. The fourth-order valence-corrected chi connectivity index (χ4v) is 1.31. The van der Waals surface area contributed by atoms with Crippen LogP contribution in [0.4, 0.5) is 5.69 Å². The van der Waals surface area contributed by atoms with Crippen molar-refractivity contribution in [3.63, 3.8) is 0 Å². The molecular weight excluding hydrogens is 232 g/mol. The lowest BCUT2D eigenvalue weighted by molar-refractivity contribution is -0.384. The Kier molecular flexibility index (Phi) is 5.05. The molecule has 0 radical (unpaired) electrons. The van der Waals surface area contributed by atoms with Crippen molar-refractivity contribution in [1.29, 1.82) is 0 Å². The molecule has 1 aromatic rings. The number of carbonyl (C=O) groups is 1. The number of nitrogens with one attached hydrogen (secondary N) is 1. The molecule has 5 nitrogen and oxygen atoms in total. The zero-order chi connectivity index (χ0) is 13.5. The highest BCUT2D eigenvalue weighted by Gasteiger charge is 2.04. The van der Waals surface area contributed by atoms with Crippen LogP contribution in [0, 0.1) is 10.1 Å². The third-order valence-electron chi connectivity index (χ3n) is 2.51. The molecule has 1 N–H and O–H groups in total. The molecule has 0 aromatic heterocycles. The van der Waals surface area contributed by atoms with Crippen LogP contribution in [0.2, 0.25) is 0 Å². The molecule has 1 amide bonds. The highest BCUT2D eigenvalue weighted by Crippen LogP contribution is 2.13. The third kappa shape index (κ3) is 4.37. The Morgan fingerprint density at radius 2 is 2.28 bits per heavy atom. The van der Waals surface area contributed by atoms with E-state index in [4.69, 9.17) is 0 Å². The molecule has 0 saturated carbocycles. The average Bonchev–Trinajstić information content (AvgIpc) is 2.36. The predicted octanol–water partition coefficient (Wildman–Crippen LogP) is 2.52. The molecule has 0 aliphatic heterocycles. The number of nitrogens with zero attached hydrogens (tertiary/aromatic N) is 1. The quantitative estimate of drug-likeness (QED) is 0.494. The van der Waals surface area contributed by atoms with Gasteiger partial charge in [0, 0.05) is 24.3 Å². The molecule has 18 heavy (non-hydrogen) atoms. The molecule has 0 heterocycles. The summed E-state index contributed by atoms with van der Waals surface area (Å²) < 4.78 is 0. The normalized spacial score (nSPS) is 12.3. The minimum absolute atomic E-state index is 0.0134. The molecule has 0 bridgehead atoms.